The maximum Gasteiger partial charge on any atom is 0.269 e. The Morgan fingerprint density at radius 1 is 1.45 bits per heavy atom. The molecule has 20 heavy (non-hydrogen) atoms. The number of piperidine rings is 1. The van der Waals surface area contributed by atoms with Crippen LogP contribution in [0.5, 0.6) is 0 Å². The Hall–Kier alpha value is -1.66. The Kier molecular flexibility index (Phi) is 4.57. The quantitative estimate of drug-likeness (QED) is 0.647. The lowest BCUT2D eigenvalue weighted by molar-refractivity contribution is -0.384. The van der Waals surface area contributed by atoms with Crippen molar-refractivity contribution >= 4 is 11.4 Å². The van der Waals surface area contributed by atoms with E-state index in [1.807, 2.05) is 6.92 Å². The summed E-state index contributed by atoms with van der Waals surface area (Å²) >= 11 is 0. The van der Waals surface area contributed by atoms with Crippen molar-refractivity contribution in [1.29, 1.82) is 0 Å². The zero-order valence-electron chi connectivity index (χ0n) is 11.5. The van der Waals surface area contributed by atoms with Crippen molar-refractivity contribution in [3.05, 3.63) is 33.9 Å². The SMILES string of the molecule is CC(O)C1CCN(c2ccc([N+](=O)[O-])cc2CO)CC1. The second-order valence-corrected chi connectivity index (χ2v) is 5.29. The van der Waals surface area contributed by atoms with E-state index in [1.165, 1.54) is 12.1 Å². The van der Waals surface area contributed by atoms with Gasteiger partial charge in [-0.05, 0) is 31.7 Å². The molecule has 0 aliphatic carbocycles. The van der Waals surface area contributed by atoms with Gasteiger partial charge in [-0.15, -0.1) is 0 Å². The lowest BCUT2D eigenvalue weighted by Gasteiger charge is -2.35. The lowest BCUT2D eigenvalue weighted by atomic mass is 9.91. The minimum atomic E-state index is -0.456. The van der Waals surface area contributed by atoms with E-state index in [2.05, 4.69) is 4.90 Å². The van der Waals surface area contributed by atoms with E-state index in [9.17, 15) is 20.3 Å². The number of hydrogen-bond acceptors (Lipinski definition) is 5. The molecule has 0 radical (unpaired) electrons. The second-order valence-electron chi connectivity index (χ2n) is 5.29. The van der Waals surface area contributed by atoms with Crippen LogP contribution >= 0.6 is 0 Å². The van der Waals surface area contributed by atoms with Crippen LogP contribution in [0.3, 0.4) is 0 Å². The molecule has 1 atom stereocenters. The van der Waals surface area contributed by atoms with E-state index in [0.717, 1.165) is 31.6 Å². The van der Waals surface area contributed by atoms with Crippen LogP contribution in [-0.4, -0.2) is 34.3 Å². The Morgan fingerprint density at radius 2 is 2.10 bits per heavy atom. The maximum atomic E-state index is 10.8. The first-order valence-corrected chi connectivity index (χ1v) is 6.84. The van der Waals surface area contributed by atoms with Crippen molar-refractivity contribution in [3.8, 4) is 0 Å². The van der Waals surface area contributed by atoms with Gasteiger partial charge in [0, 0.05) is 36.5 Å². The number of non-ortho nitro benzene ring substituents is 1. The summed E-state index contributed by atoms with van der Waals surface area (Å²) in [5, 5.41) is 29.8. The first kappa shape index (κ1) is 14.7. The van der Waals surface area contributed by atoms with Gasteiger partial charge in [-0.1, -0.05) is 0 Å². The van der Waals surface area contributed by atoms with Crippen LogP contribution in [0.4, 0.5) is 11.4 Å². The normalized spacial score (nSPS) is 18.1. The largest absolute Gasteiger partial charge is 0.393 e. The fourth-order valence-electron chi connectivity index (χ4n) is 2.74. The molecule has 0 amide bonds. The van der Waals surface area contributed by atoms with Gasteiger partial charge in [-0.25, -0.2) is 0 Å². The summed E-state index contributed by atoms with van der Waals surface area (Å²) in [5.41, 5.74) is 1.42. The summed E-state index contributed by atoms with van der Waals surface area (Å²) in [6.45, 7) is 3.18. The number of rotatable bonds is 4. The molecule has 1 aromatic carbocycles. The molecule has 6 heteroatoms. The predicted molar refractivity (Wildman–Crippen MR) is 75.6 cm³/mol. The molecule has 1 aromatic rings. The molecule has 1 saturated heterocycles. The minimum Gasteiger partial charge on any atom is -0.393 e. The van der Waals surface area contributed by atoms with E-state index < -0.39 is 4.92 Å². The second kappa shape index (κ2) is 6.19. The Morgan fingerprint density at radius 3 is 2.60 bits per heavy atom. The highest BCUT2D eigenvalue weighted by Crippen LogP contribution is 2.30. The van der Waals surface area contributed by atoms with Crippen LogP contribution in [0.25, 0.3) is 0 Å². The van der Waals surface area contributed by atoms with Gasteiger partial charge in [0.15, 0.2) is 0 Å². The Labute approximate surface area is 117 Å². The summed E-state index contributed by atoms with van der Waals surface area (Å²) in [6.07, 6.45) is 1.48. The van der Waals surface area contributed by atoms with Gasteiger partial charge in [-0.2, -0.15) is 0 Å². The fourth-order valence-corrected chi connectivity index (χ4v) is 2.74. The van der Waals surface area contributed by atoms with Gasteiger partial charge in [0.05, 0.1) is 17.6 Å². The monoisotopic (exact) mass is 280 g/mol. The van der Waals surface area contributed by atoms with Crippen molar-refractivity contribution in [1.82, 2.24) is 0 Å². The van der Waals surface area contributed by atoms with Crippen molar-refractivity contribution in [2.75, 3.05) is 18.0 Å². The predicted octanol–water partition coefficient (Wildman–Crippen LogP) is 1.68. The third-order valence-corrected chi connectivity index (χ3v) is 4.01. The third kappa shape index (κ3) is 3.08. The molecular formula is C14H20N2O4. The zero-order valence-corrected chi connectivity index (χ0v) is 11.5. The maximum absolute atomic E-state index is 10.8. The number of nitro benzene ring substituents is 1. The smallest absolute Gasteiger partial charge is 0.269 e. The third-order valence-electron chi connectivity index (χ3n) is 4.01. The molecule has 2 rings (SSSR count). The highest BCUT2D eigenvalue weighted by Gasteiger charge is 2.24. The van der Waals surface area contributed by atoms with Crippen molar-refractivity contribution in [3.63, 3.8) is 0 Å². The van der Waals surface area contributed by atoms with Crippen LogP contribution < -0.4 is 4.90 Å². The van der Waals surface area contributed by atoms with Gasteiger partial charge >= 0.3 is 0 Å². The Balaban J connectivity index is 2.15. The van der Waals surface area contributed by atoms with Crippen molar-refractivity contribution < 1.29 is 15.1 Å². The lowest BCUT2D eigenvalue weighted by Crippen LogP contribution is -2.37. The number of nitro groups is 1. The van der Waals surface area contributed by atoms with E-state index >= 15 is 0 Å². The van der Waals surface area contributed by atoms with Crippen LogP contribution in [0.1, 0.15) is 25.3 Å². The molecular weight excluding hydrogens is 260 g/mol. The van der Waals surface area contributed by atoms with Crippen LogP contribution in [-0.2, 0) is 6.61 Å². The van der Waals surface area contributed by atoms with E-state index in [-0.39, 0.29) is 18.4 Å². The number of aliphatic hydroxyl groups excluding tert-OH is 2. The topological polar surface area (TPSA) is 86.8 Å². The highest BCUT2D eigenvalue weighted by molar-refractivity contribution is 5.58. The number of benzene rings is 1. The minimum absolute atomic E-state index is 0.00309. The summed E-state index contributed by atoms with van der Waals surface area (Å²) in [5.74, 6) is 0.307. The summed E-state index contributed by atoms with van der Waals surface area (Å²) in [7, 11) is 0. The molecule has 1 heterocycles. The molecule has 1 fully saturated rings. The number of hydrogen-bond donors (Lipinski definition) is 2. The van der Waals surface area contributed by atoms with E-state index in [4.69, 9.17) is 0 Å². The van der Waals surface area contributed by atoms with E-state index in [0.29, 0.717) is 11.5 Å². The molecule has 0 spiro atoms. The highest BCUT2D eigenvalue weighted by atomic mass is 16.6. The van der Waals surface area contributed by atoms with Gasteiger partial charge < -0.3 is 15.1 Å². The fraction of sp³-hybridized carbons (Fsp3) is 0.571. The van der Waals surface area contributed by atoms with Gasteiger partial charge in [0.2, 0.25) is 0 Å². The standard InChI is InChI=1S/C14H20N2O4/c1-10(18)11-4-6-15(7-5-11)14-3-2-13(16(19)20)8-12(14)9-17/h2-3,8,10-11,17-18H,4-7,9H2,1H3. The zero-order chi connectivity index (χ0) is 14.7. The Bertz CT molecular complexity index is 482. The average molecular weight is 280 g/mol. The molecule has 6 nitrogen and oxygen atoms in total. The van der Waals surface area contributed by atoms with E-state index in [1.54, 1.807) is 6.07 Å². The molecule has 0 bridgehead atoms. The first-order chi connectivity index (χ1) is 9.52. The summed E-state index contributed by atoms with van der Waals surface area (Å²) in [4.78, 5) is 12.4. The molecule has 110 valence electrons. The van der Waals surface area contributed by atoms with Crippen molar-refractivity contribution in [2.45, 2.75) is 32.5 Å². The summed E-state index contributed by atoms with van der Waals surface area (Å²) in [6, 6.07) is 4.59. The molecule has 1 unspecified atom stereocenters. The van der Waals surface area contributed by atoms with Crippen molar-refractivity contribution in [2.24, 2.45) is 5.92 Å². The number of nitrogens with zero attached hydrogens (tertiary/aromatic N) is 2. The first-order valence-electron chi connectivity index (χ1n) is 6.84. The molecule has 1 aliphatic heterocycles. The van der Waals surface area contributed by atoms with Crippen LogP contribution in [0.2, 0.25) is 0 Å². The van der Waals surface area contributed by atoms with Crippen LogP contribution in [0, 0.1) is 16.0 Å². The molecule has 2 N–H and O–H groups in total. The molecule has 0 aromatic heterocycles. The summed E-state index contributed by atoms with van der Waals surface area (Å²) < 4.78 is 0. The van der Waals surface area contributed by atoms with Crippen LogP contribution in [0.15, 0.2) is 18.2 Å². The molecule has 0 saturated carbocycles. The number of aliphatic hydroxyl groups is 2. The van der Waals surface area contributed by atoms with Gasteiger partial charge in [0.1, 0.15) is 0 Å². The van der Waals surface area contributed by atoms with Gasteiger partial charge in [0.25, 0.3) is 5.69 Å². The number of anilines is 1. The molecule has 1 aliphatic rings. The van der Waals surface area contributed by atoms with Gasteiger partial charge in [-0.3, -0.25) is 10.1 Å². The average Bonchev–Trinajstić information content (AvgIpc) is 2.46.